The monoisotopic (exact) mass is 374 g/mol. The van der Waals surface area contributed by atoms with E-state index in [0.717, 1.165) is 22.4 Å². The summed E-state index contributed by atoms with van der Waals surface area (Å²) in [6.45, 7) is 4.48. The summed E-state index contributed by atoms with van der Waals surface area (Å²) in [5, 5.41) is 10.9. The number of ether oxygens (including phenoxy) is 1. The van der Waals surface area contributed by atoms with Crippen LogP contribution in [0, 0.1) is 0 Å². The van der Waals surface area contributed by atoms with E-state index in [-0.39, 0.29) is 5.91 Å². The van der Waals surface area contributed by atoms with Gasteiger partial charge in [0.15, 0.2) is 0 Å². The second-order valence-electron chi connectivity index (χ2n) is 6.12. The number of rotatable bonds is 7. The molecule has 0 aliphatic carbocycles. The first kappa shape index (κ1) is 19.1. The van der Waals surface area contributed by atoms with Gasteiger partial charge in [-0.2, -0.15) is 10.2 Å². The predicted molar refractivity (Wildman–Crippen MR) is 111 cm³/mol. The third-order valence-electron chi connectivity index (χ3n) is 3.91. The van der Waals surface area contributed by atoms with Gasteiger partial charge in [-0.25, -0.2) is 5.43 Å². The van der Waals surface area contributed by atoms with E-state index in [0.29, 0.717) is 18.0 Å². The minimum Gasteiger partial charge on any atom is -0.494 e. The lowest BCUT2D eigenvalue weighted by Crippen LogP contribution is -2.17. The van der Waals surface area contributed by atoms with Crippen LogP contribution in [0.1, 0.15) is 29.9 Å². The number of aromatic nitrogens is 2. The van der Waals surface area contributed by atoms with E-state index < -0.39 is 0 Å². The molecule has 2 N–H and O–H groups in total. The number of nitrogens with zero attached hydrogens (tertiary/aromatic N) is 2. The molecule has 1 amide bonds. The van der Waals surface area contributed by atoms with Crippen LogP contribution >= 0.6 is 0 Å². The molecule has 3 rings (SSSR count). The maximum absolute atomic E-state index is 12.2. The lowest BCUT2D eigenvalue weighted by atomic mass is 10.1. The van der Waals surface area contributed by atoms with E-state index in [1.807, 2.05) is 74.5 Å². The molecule has 142 valence electrons. The number of allylic oxidation sites excluding steroid dienone is 1. The molecule has 0 aliphatic heterocycles. The Morgan fingerprint density at radius 3 is 2.64 bits per heavy atom. The summed E-state index contributed by atoms with van der Waals surface area (Å²) in [6, 6.07) is 19.2. The van der Waals surface area contributed by atoms with Crippen molar-refractivity contribution in [1.29, 1.82) is 0 Å². The number of hydrogen-bond donors (Lipinski definition) is 2. The predicted octanol–water partition coefficient (Wildman–Crippen LogP) is 4.29. The normalized spacial score (nSPS) is 11.6. The fourth-order valence-electron chi connectivity index (χ4n) is 2.58. The summed E-state index contributed by atoms with van der Waals surface area (Å²) in [5.41, 5.74) is 6.41. The van der Waals surface area contributed by atoms with E-state index in [9.17, 15) is 4.79 Å². The number of aromatic amines is 1. The summed E-state index contributed by atoms with van der Waals surface area (Å²) < 4.78 is 5.43. The van der Waals surface area contributed by atoms with Gasteiger partial charge in [0, 0.05) is 5.56 Å². The van der Waals surface area contributed by atoms with Gasteiger partial charge in [-0.15, -0.1) is 0 Å². The second kappa shape index (κ2) is 9.32. The lowest BCUT2D eigenvalue weighted by molar-refractivity contribution is 0.0950. The summed E-state index contributed by atoms with van der Waals surface area (Å²) >= 11 is 0. The molecule has 6 heteroatoms. The lowest BCUT2D eigenvalue weighted by Gasteiger charge is -2.02. The van der Waals surface area contributed by atoms with Crippen LogP contribution in [-0.4, -0.2) is 28.9 Å². The van der Waals surface area contributed by atoms with Crippen LogP contribution in [-0.2, 0) is 0 Å². The first-order chi connectivity index (χ1) is 13.7. The molecule has 6 nitrogen and oxygen atoms in total. The molecule has 0 saturated carbocycles. The van der Waals surface area contributed by atoms with Gasteiger partial charge in [-0.3, -0.25) is 9.89 Å². The van der Waals surface area contributed by atoms with Gasteiger partial charge in [-0.05, 0) is 55.3 Å². The molecule has 0 fully saturated rings. The Morgan fingerprint density at radius 2 is 1.93 bits per heavy atom. The Labute approximate surface area is 163 Å². The molecule has 0 atom stereocenters. The van der Waals surface area contributed by atoms with Crippen LogP contribution in [0.4, 0.5) is 0 Å². The molecular weight excluding hydrogens is 352 g/mol. The van der Waals surface area contributed by atoms with Gasteiger partial charge < -0.3 is 4.74 Å². The summed E-state index contributed by atoms with van der Waals surface area (Å²) in [7, 11) is 0. The van der Waals surface area contributed by atoms with Gasteiger partial charge in [0.25, 0.3) is 5.91 Å². The molecule has 0 radical (unpaired) electrons. The maximum Gasteiger partial charge on any atom is 0.289 e. The molecule has 0 spiro atoms. The van der Waals surface area contributed by atoms with Gasteiger partial charge in [0.2, 0.25) is 0 Å². The number of carbonyl (C=O) groups excluding carboxylic acids is 1. The molecular formula is C22H22N4O2. The number of H-pyrrole nitrogens is 1. The van der Waals surface area contributed by atoms with Crippen LogP contribution in [0.15, 0.2) is 71.3 Å². The number of hydrazone groups is 1. The van der Waals surface area contributed by atoms with Crippen molar-refractivity contribution in [2.45, 2.75) is 13.8 Å². The molecule has 0 bridgehead atoms. The van der Waals surface area contributed by atoms with Crippen molar-refractivity contribution in [3.05, 3.63) is 77.5 Å². The number of nitrogens with one attached hydrogen (secondary N) is 2. The zero-order valence-electron chi connectivity index (χ0n) is 15.8. The van der Waals surface area contributed by atoms with Crippen molar-refractivity contribution < 1.29 is 9.53 Å². The van der Waals surface area contributed by atoms with Crippen molar-refractivity contribution >= 4 is 18.2 Å². The highest BCUT2D eigenvalue weighted by Crippen LogP contribution is 2.21. The van der Waals surface area contributed by atoms with Gasteiger partial charge in [0.05, 0.1) is 18.5 Å². The number of benzene rings is 2. The van der Waals surface area contributed by atoms with Crippen LogP contribution in [0.3, 0.4) is 0 Å². The molecule has 0 saturated heterocycles. The fourth-order valence-corrected chi connectivity index (χ4v) is 2.58. The number of hydrogen-bond acceptors (Lipinski definition) is 4. The minimum atomic E-state index is -0.353. The smallest absolute Gasteiger partial charge is 0.289 e. The highest BCUT2D eigenvalue weighted by Gasteiger charge is 2.10. The summed E-state index contributed by atoms with van der Waals surface area (Å²) in [5.74, 6) is 0.446. The zero-order chi connectivity index (χ0) is 19.8. The molecule has 0 aliphatic rings. The Bertz CT molecular complexity index is 973. The van der Waals surface area contributed by atoms with Crippen molar-refractivity contribution in [3.63, 3.8) is 0 Å². The summed E-state index contributed by atoms with van der Waals surface area (Å²) in [4.78, 5) is 12.2. The third kappa shape index (κ3) is 5.17. The largest absolute Gasteiger partial charge is 0.494 e. The molecule has 1 heterocycles. The Hall–Kier alpha value is -3.67. The molecule has 2 aromatic carbocycles. The third-order valence-corrected chi connectivity index (χ3v) is 3.91. The Kier molecular flexibility index (Phi) is 6.36. The van der Waals surface area contributed by atoms with E-state index in [1.54, 1.807) is 12.3 Å². The van der Waals surface area contributed by atoms with Gasteiger partial charge in [-0.1, -0.05) is 36.4 Å². The number of carbonyl (C=O) groups is 1. The van der Waals surface area contributed by atoms with E-state index in [1.165, 1.54) is 0 Å². The quantitative estimate of drug-likeness (QED) is 0.478. The van der Waals surface area contributed by atoms with Crippen LogP contribution in [0.5, 0.6) is 5.75 Å². The Morgan fingerprint density at radius 1 is 1.18 bits per heavy atom. The zero-order valence-corrected chi connectivity index (χ0v) is 15.8. The van der Waals surface area contributed by atoms with Crippen molar-refractivity contribution in [1.82, 2.24) is 15.6 Å². The maximum atomic E-state index is 12.2. The molecule has 1 aromatic heterocycles. The average molecular weight is 374 g/mol. The van der Waals surface area contributed by atoms with E-state index >= 15 is 0 Å². The highest BCUT2D eigenvalue weighted by molar-refractivity contribution is 5.94. The van der Waals surface area contributed by atoms with Crippen molar-refractivity contribution in [3.8, 4) is 17.0 Å². The molecule has 3 aromatic rings. The molecule has 0 unspecified atom stereocenters. The van der Waals surface area contributed by atoms with Crippen LogP contribution in [0.2, 0.25) is 0 Å². The summed E-state index contributed by atoms with van der Waals surface area (Å²) in [6.07, 6.45) is 3.59. The minimum absolute atomic E-state index is 0.339. The SMILES string of the molecule is CCOc1ccc(-c2cc(C(=O)N/N=C/C(C)=C/c3ccccc3)[nH]n2)cc1. The Balaban J connectivity index is 1.60. The van der Waals surface area contributed by atoms with Gasteiger partial charge >= 0.3 is 0 Å². The van der Waals surface area contributed by atoms with Crippen molar-refractivity contribution in [2.75, 3.05) is 6.61 Å². The highest BCUT2D eigenvalue weighted by atomic mass is 16.5. The first-order valence-corrected chi connectivity index (χ1v) is 9.01. The van der Waals surface area contributed by atoms with E-state index in [4.69, 9.17) is 4.74 Å². The fraction of sp³-hybridized carbons (Fsp3) is 0.136. The standard InChI is InChI=1S/C22H22N4O2/c1-3-28-19-11-9-18(10-12-19)20-14-21(25-24-20)22(27)26-23-15-16(2)13-17-7-5-4-6-8-17/h4-15H,3H2,1-2H3,(H,24,25)(H,26,27)/b16-13+,23-15+. The van der Waals surface area contributed by atoms with Crippen LogP contribution in [0.25, 0.3) is 17.3 Å². The van der Waals surface area contributed by atoms with E-state index in [2.05, 4.69) is 20.7 Å². The van der Waals surface area contributed by atoms with Gasteiger partial charge in [0.1, 0.15) is 11.4 Å². The topological polar surface area (TPSA) is 79.4 Å². The molecule has 28 heavy (non-hydrogen) atoms. The van der Waals surface area contributed by atoms with Crippen molar-refractivity contribution in [2.24, 2.45) is 5.10 Å². The number of amides is 1. The van der Waals surface area contributed by atoms with Crippen LogP contribution < -0.4 is 10.2 Å². The second-order valence-corrected chi connectivity index (χ2v) is 6.12. The first-order valence-electron chi connectivity index (χ1n) is 9.01. The average Bonchev–Trinajstić information content (AvgIpc) is 3.20.